The lowest BCUT2D eigenvalue weighted by Gasteiger charge is -2.19. The number of nitro groups is 1. The summed E-state index contributed by atoms with van der Waals surface area (Å²) in [4.78, 5) is 35.1. The smallest absolute Gasteiger partial charge is 0.308 e. The fourth-order valence-electron chi connectivity index (χ4n) is 2.18. The molecule has 0 saturated heterocycles. The average molecular weight is 321 g/mol. The van der Waals surface area contributed by atoms with E-state index in [0.29, 0.717) is 5.69 Å². The minimum absolute atomic E-state index is 0.0318. The van der Waals surface area contributed by atoms with Gasteiger partial charge in [0.1, 0.15) is 5.69 Å². The lowest BCUT2D eigenvalue weighted by molar-refractivity contribution is -0.384. The van der Waals surface area contributed by atoms with Crippen LogP contribution in [0.5, 0.6) is 0 Å². The van der Waals surface area contributed by atoms with E-state index in [1.165, 1.54) is 37.1 Å². The number of nitro benzene ring substituents is 1. The summed E-state index contributed by atoms with van der Waals surface area (Å²) in [5.41, 5.74) is 0.413. The first-order valence-corrected chi connectivity index (χ1v) is 7.33. The minimum atomic E-state index is -1.00. The maximum Gasteiger partial charge on any atom is 0.308 e. The first kappa shape index (κ1) is 16.7. The molecular formula is C15H19N3O5. The molecule has 1 aliphatic carbocycles. The van der Waals surface area contributed by atoms with Crippen LogP contribution in [0.1, 0.15) is 30.1 Å². The highest BCUT2D eigenvalue weighted by molar-refractivity contribution is 5.95. The second-order valence-electron chi connectivity index (χ2n) is 5.83. The lowest BCUT2D eigenvalue weighted by atomic mass is 10.1. The number of carbonyl (C=O) groups excluding carboxylic acids is 1. The van der Waals surface area contributed by atoms with E-state index >= 15 is 0 Å². The highest BCUT2D eigenvalue weighted by atomic mass is 16.6. The molecular weight excluding hydrogens is 302 g/mol. The van der Waals surface area contributed by atoms with Crippen molar-refractivity contribution in [2.24, 2.45) is 5.92 Å². The molecule has 0 spiro atoms. The normalized spacial score (nSPS) is 14.9. The topological polar surface area (TPSA) is 113 Å². The number of rotatable bonds is 7. The van der Waals surface area contributed by atoms with Crippen LogP contribution < -0.4 is 5.32 Å². The van der Waals surface area contributed by atoms with E-state index in [1.807, 2.05) is 0 Å². The molecule has 1 fully saturated rings. The van der Waals surface area contributed by atoms with Gasteiger partial charge in [0, 0.05) is 31.3 Å². The van der Waals surface area contributed by atoms with E-state index in [9.17, 15) is 19.7 Å². The number of aliphatic carboxylic acids is 1. The van der Waals surface area contributed by atoms with Crippen molar-refractivity contribution in [1.29, 1.82) is 0 Å². The first-order valence-electron chi connectivity index (χ1n) is 7.33. The van der Waals surface area contributed by atoms with Crippen molar-refractivity contribution < 1.29 is 19.6 Å². The number of nitrogens with zero attached hydrogens (tertiary/aromatic N) is 2. The number of hydrogen-bond acceptors (Lipinski definition) is 5. The molecule has 2 rings (SSSR count). The maximum absolute atomic E-state index is 12.3. The molecule has 124 valence electrons. The predicted octanol–water partition coefficient (Wildman–Crippen LogP) is 1.96. The van der Waals surface area contributed by atoms with Crippen molar-refractivity contribution in [3.8, 4) is 0 Å². The van der Waals surface area contributed by atoms with Gasteiger partial charge in [0.25, 0.3) is 11.6 Å². The minimum Gasteiger partial charge on any atom is -0.481 e. The zero-order chi connectivity index (χ0) is 17.1. The van der Waals surface area contributed by atoms with Gasteiger partial charge in [-0.25, -0.2) is 0 Å². The largest absolute Gasteiger partial charge is 0.481 e. The highest BCUT2D eigenvalue weighted by Gasteiger charge is 2.26. The zero-order valence-electron chi connectivity index (χ0n) is 13.0. The number of amides is 1. The number of benzene rings is 1. The molecule has 0 radical (unpaired) electrons. The van der Waals surface area contributed by atoms with Gasteiger partial charge in [0.2, 0.25) is 0 Å². The third kappa shape index (κ3) is 4.18. The third-order valence-electron chi connectivity index (χ3n) is 3.69. The average Bonchev–Trinajstić information content (AvgIpc) is 3.30. The molecule has 0 aliphatic heterocycles. The van der Waals surface area contributed by atoms with Gasteiger partial charge in [-0.05, 0) is 25.0 Å². The molecule has 8 nitrogen and oxygen atoms in total. The molecule has 1 amide bonds. The number of carboxylic acids is 1. The summed E-state index contributed by atoms with van der Waals surface area (Å²) >= 11 is 0. The Labute approximate surface area is 133 Å². The van der Waals surface area contributed by atoms with Crippen molar-refractivity contribution in [2.45, 2.75) is 25.8 Å². The van der Waals surface area contributed by atoms with E-state index in [2.05, 4.69) is 5.32 Å². The number of carboxylic acid groups (broad SMARTS) is 1. The van der Waals surface area contributed by atoms with E-state index < -0.39 is 22.7 Å². The van der Waals surface area contributed by atoms with Gasteiger partial charge in [-0.15, -0.1) is 0 Å². The molecule has 1 saturated carbocycles. The summed E-state index contributed by atoms with van der Waals surface area (Å²) in [5.74, 6) is -2.16. The zero-order valence-corrected chi connectivity index (χ0v) is 13.0. The van der Waals surface area contributed by atoms with Gasteiger partial charge >= 0.3 is 5.97 Å². The summed E-state index contributed by atoms with van der Waals surface area (Å²) in [6.45, 7) is 1.53. The van der Waals surface area contributed by atoms with Gasteiger partial charge in [0.15, 0.2) is 0 Å². The standard InChI is InChI=1S/C15H19N3O5/c1-9(15(20)21)8-17(2)14(19)10-3-6-12(16-11-4-5-11)13(7-10)18(22)23/h3,6-7,9,11,16H,4-5,8H2,1-2H3,(H,20,21). The summed E-state index contributed by atoms with van der Waals surface area (Å²) < 4.78 is 0. The SMILES string of the molecule is CC(CN(C)C(=O)c1ccc(NC2CC2)c([N+](=O)[O-])c1)C(=O)O. The highest BCUT2D eigenvalue weighted by Crippen LogP contribution is 2.31. The Morgan fingerprint density at radius 1 is 1.48 bits per heavy atom. The Bertz CT molecular complexity index is 642. The molecule has 1 aromatic rings. The van der Waals surface area contributed by atoms with Crippen molar-refractivity contribution in [3.63, 3.8) is 0 Å². The van der Waals surface area contributed by atoms with Crippen molar-refractivity contribution in [3.05, 3.63) is 33.9 Å². The number of hydrogen-bond donors (Lipinski definition) is 2. The molecule has 1 aromatic carbocycles. The molecule has 0 bridgehead atoms. The number of nitrogens with one attached hydrogen (secondary N) is 1. The van der Waals surface area contributed by atoms with Crippen LogP contribution in [0.2, 0.25) is 0 Å². The van der Waals surface area contributed by atoms with Gasteiger partial charge in [0.05, 0.1) is 10.8 Å². The van der Waals surface area contributed by atoms with Gasteiger partial charge in [-0.2, -0.15) is 0 Å². The number of carbonyl (C=O) groups is 2. The Balaban J connectivity index is 2.17. The Morgan fingerprint density at radius 3 is 2.65 bits per heavy atom. The van der Waals surface area contributed by atoms with Crippen LogP contribution in [0.15, 0.2) is 18.2 Å². The Kier molecular flexibility index (Phi) is 4.83. The monoisotopic (exact) mass is 321 g/mol. The molecule has 0 heterocycles. The van der Waals surface area contributed by atoms with E-state index in [4.69, 9.17) is 5.11 Å². The Hall–Kier alpha value is -2.64. The van der Waals surface area contributed by atoms with Gasteiger partial charge in [-0.3, -0.25) is 19.7 Å². The van der Waals surface area contributed by atoms with E-state index in [-0.39, 0.29) is 23.8 Å². The fraction of sp³-hybridized carbons (Fsp3) is 0.467. The van der Waals surface area contributed by atoms with E-state index in [0.717, 1.165) is 12.8 Å². The molecule has 1 atom stereocenters. The lowest BCUT2D eigenvalue weighted by Crippen LogP contribution is -2.33. The third-order valence-corrected chi connectivity index (χ3v) is 3.69. The molecule has 0 aromatic heterocycles. The maximum atomic E-state index is 12.3. The summed E-state index contributed by atoms with van der Waals surface area (Å²) in [6, 6.07) is 4.53. The molecule has 1 aliphatic rings. The first-order chi connectivity index (χ1) is 10.8. The molecule has 2 N–H and O–H groups in total. The van der Waals surface area contributed by atoms with Crippen LogP contribution in [0.3, 0.4) is 0 Å². The van der Waals surface area contributed by atoms with Crippen LogP contribution in [0, 0.1) is 16.0 Å². The Morgan fingerprint density at radius 2 is 2.13 bits per heavy atom. The van der Waals surface area contributed by atoms with Crippen LogP contribution in [-0.4, -0.2) is 46.4 Å². The van der Waals surface area contributed by atoms with E-state index in [1.54, 1.807) is 0 Å². The van der Waals surface area contributed by atoms with Gasteiger partial charge in [-0.1, -0.05) is 6.92 Å². The molecule has 8 heteroatoms. The second-order valence-corrected chi connectivity index (χ2v) is 5.83. The van der Waals surface area contributed by atoms with Crippen molar-refractivity contribution in [2.75, 3.05) is 18.9 Å². The predicted molar refractivity (Wildman–Crippen MR) is 83.5 cm³/mol. The molecule has 1 unspecified atom stereocenters. The summed E-state index contributed by atoms with van der Waals surface area (Å²) in [6.07, 6.45) is 1.96. The number of anilines is 1. The quantitative estimate of drug-likeness (QED) is 0.586. The van der Waals surface area contributed by atoms with Crippen molar-refractivity contribution >= 4 is 23.3 Å². The van der Waals surface area contributed by atoms with Crippen LogP contribution in [-0.2, 0) is 4.79 Å². The molecule has 23 heavy (non-hydrogen) atoms. The van der Waals surface area contributed by atoms with Crippen LogP contribution in [0.25, 0.3) is 0 Å². The summed E-state index contributed by atoms with van der Waals surface area (Å²) in [7, 11) is 1.48. The second kappa shape index (κ2) is 6.64. The van der Waals surface area contributed by atoms with Crippen LogP contribution >= 0.6 is 0 Å². The fourth-order valence-corrected chi connectivity index (χ4v) is 2.18. The van der Waals surface area contributed by atoms with Crippen molar-refractivity contribution in [1.82, 2.24) is 4.90 Å². The van der Waals surface area contributed by atoms with Crippen LogP contribution in [0.4, 0.5) is 11.4 Å². The summed E-state index contributed by atoms with van der Waals surface area (Å²) in [5, 5.41) is 23.2. The van der Waals surface area contributed by atoms with Gasteiger partial charge < -0.3 is 15.3 Å².